The van der Waals surface area contributed by atoms with Crippen LogP contribution in [0, 0.1) is 0 Å². The van der Waals surface area contributed by atoms with E-state index < -0.39 is 13.9 Å². The summed E-state index contributed by atoms with van der Waals surface area (Å²) in [6, 6.07) is 0. The highest BCUT2D eigenvalue weighted by molar-refractivity contribution is 7.52. The lowest BCUT2D eigenvalue weighted by atomic mass is 10.2. The van der Waals surface area contributed by atoms with E-state index in [1.807, 2.05) is 0 Å². The third kappa shape index (κ3) is 15.1. The van der Waals surface area contributed by atoms with E-state index in [1.54, 1.807) is 17.8 Å². The fourth-order valence-electron chi connectivity index (χ4n) is 3.71. The van der Waals surface area contributed by atoms with E-state index in [0.29, 0.717) is 43.2 Å². The molecule has 0 amide bonds. The summed E-state index contributed by atoms with van der Waals surface area (Å²) < 4.78 is 41.5. The molecule has 0 aliphatic rings. The van der Waals surface area contributed by atoms with Crippen molar-refractivity contribution in [2.75, 3.05) is 58.3 Å². The fraction of sp³-hybridized carbons (Fsp3) is 0.808. The minimum atomic E-state index is -3.85. The normalized spacial score (nSPS) is 14.1. The van der Waals surface area contributed by atoms with Crippen LogP contribution in [0.4, 0.5) is 5.82 Å². The number of rotatable bonds is 25. The van der Waals surface area contributed by atoms with Gasteiger partial charge in [0.25, 0.3) is 0 Å². The number of unbranched alkanes of at least 4 members (excludes halogenated alkanes) is 5. The van der Waals surface area contributed by atoms with Gasteiger partial charge in [-0.2, -0.15) is 0 Å². The Balaban J connectivity index is 1.38. The first-order valence-electron chi connectivity index (χ1n) is 14.2. The Morgan fingerprint density at radius 2 is 1.46 bits per heavy atom. The van der Waals surface area contributed by atoms with Gasteiger partial charge in [-0.05, 0) is 58.3 Å². The Labute approximate surface area is 232 Å². The number of nitrogens with two attached hydrogens (primary N) is 1. The minimum absolute atomic E-state index is 0.132. The van der Waals surface area contributed by atoms with Gasteiger partial charge in [0.2, 0.25) is 0 Å². The van der Waals surface area contributed by atoms with Gasteiger partial charge in [-0.25, -0.2) is 15.0 Å². The van der Waals surface area contributed by atoms with Crippen molar-refractivity contribution in [3.05, 3.63) is 12.7 Å². The Morgan fingerprint density at radius 3 is 2.08 bits per heavy atom. The zero-order chi connectivity index (χ0) is 28.2. The van der Waals surface area contributed by atoms with Crippen LogP contribution < -0.4 is 5.73 Å². The van der Waals surface area contributed by atoms with Crippen molar-refractivity contribution < 1.29 is 32.9 Å². The predicted octanol–water partition coefficient (Wildman–Crippen LogP) is 4.55. The Morgan fingerprint density at radius 1 is 0.872 bits per heavy atom. The summed E-state index contributed by atoms with van der Waals surface area (Å²) in [7, 11) is -3.85. The first kappa shape index (κ1) is 33.5. The maximum atomic E-state index is 12.3. The molecule has 3 N–H and O–H groups in total. The third-order valence-corrected chi connectivity index (χ3v) is 6.99. The average Bonchev–Trinajstić information content (AvgIpc) is 3.32. The van der Waals surface area contributed by atoms with Crippen molar-refractivity contribution in [3.8, 4) is 0 Å². The second-order valence-electron chi connectivity index (χ2n) is 9.57. The SMILES string of the molecule is CCCCOCCCCCOCCCCCOCCCOP(=O)(O)CO[C@H](C)Cn1cnc2c(N)ncnc21. The number of nitrogen functional groups attached to an aromatic ring is 1. The minimum Gasteiger partial charge on any atom is -0.382 e. The summed E-state index contributed by atoms with van der Waals surface area (Å²) in [5.41, 5.74) is 6.89. The molecule has 0 saturated carbocycles. The summed E-state index contributed by atoms with van der Waals surface area (Å²) >= 11 is 0. The van der Waals surface area contributed by atoms with Crippen LogP contribution in [0.15, 0.2) is 12.7 Å². The van der Waals surface area contributed by atoms with Gasteiger partial charge in [-0.15, -0.1) is 0 Å². The van der Waals surface area contributed by atoms with Crippen molar-refractivity contribution in [2.45, 2.75) is 84.3 Å². The molecule has 0 bridgehead atoms. The number of anilines is 1. The second kappa shape index (κ2) is 20.3. The van der Waals surface area contributed by atoms with Crippen molar-refractivity contribution >= 4 is 24.6 Å². The molecule has 224 valence electrons. The van der Waals surface area contributed by atoms with E-state index in [0.717, 1.165) is 71.4 Å². The van der Waals surface area contributed by atoms with E-state index in [-0.39, 0.29) is 12.7 Å². The quantitative estimate of drug-likeness (QED) is 0.127. The zero-order valence-electron chi connectivity index (χ0n) is 23.7. The summed E-state index contributed by atoms with van der Waals surface area (Å²) in [4.78, 5) is 22.3. The molecule has 13 heteroatoms. The Bertz CT molecular complexity index is 949. The highest BCUT2D eigenvalue weighted by Crippen LogP contribution is 2.42. The number of imidazole rings is 1. The van der Waals surface area contributed by atoms with E-state index in [9.17, 15) is 9.46 Å². The van der Waals surface area contributed by atoms with E-state index in [2.05, 4.69) is 21.9 Å². The maximum Gasteiger partial charge on any atom is 0.353 e. The van der Waals surface area contributed by atoms with Gasteiger partial charge in [0.15, 0.2) is 11.5 Å². The van der Waals surface area contributed by atoms with Crippen LogP contribution in [-0.4, -0.2) is 83.1 Å². The van der Waals surface area contributed by atoms with Gasteiger partial charge in [-0.3, -0.25) is 4.57 Å². The van der Waals surface area contributed by atoms with Crippen LogP contribution in [0.3, 0.4) is 0 Å². The van der Waals surface area contributed by atoms with Gasteiger partial charge >= 0.3 is 7.60 Å². The van der Waals surface area contributed by atoms with E-state index in [4.69, 9.17) is 29.2 Å². The summed E-state index contributed by atoms with van der Waals surface area (Å²) in [6.45, 7) is 8.98. The lowest BCUT2D eigenvalue weighted by Crippen LogP contribution is -2.17. The lowest BCUT2D eigenvalue weighted by Gasteiger charge is -2.17. The topological polar surface area (TPSA) is 153 Å². The van der Waals surface area contributed by atoms with Crippen molar-refractivity contribution in [3.63, 3.8) is 0 Å². The molecule has 12 nitrogen and oxygen atoms in total. The molecule has 0 aromatic carbocycles. The van der Waals surface area contributed by atoms with Crippen LogP contribution in [0.2, 0.25) is 0 Å². The summed E-state index contributed by atoms with van der Waals surface area (Å²) in [6.07, 6.45) is 11.5. The molecule has 0 fully saturated rings. The molecule has 0 spiro atoms. The van der Waals surface area contributed by atoms with Crippen LogP contribution in [0.1, 0.15) is 71.6 Å². The first-order valence-corrected chi connectivity index (χ1v) is 15.9. The van der Waals surface area contributed by atoms with Gasteiger partial charge < -0.3 is 38.7 Å². The molecule has 0 radical (unpaired) electrons. The average molecular weight is 574 g/mol. The standard InChI is InChI=1S/C26H48N5O7P/c1-3-4-12-34-13-7-5-8-14-35-15-9-6-10-16-36-17-11-18-38-39(32,33)22-37-23(2)19-31-21-30-24-25(27)28-20-29-26(24)31/h20-21,23H,3-19,22H2,1-2H3,(H,32,33)(H2,27,28,29)/t23-/m1/s1. The molecule has 2 aromatic rings. The molecular formula is C26H48N5O7P. The van der Waals surface area contributed by atoms with E-state index in [1.165, 1.54) is 12.7 Å². The monoisotopic (exact) mass is 573 g/mol. The second-order valence-corrected chi connectivity index (χ2v) is 11.4. The van der Waals surface area contributed by atoms with Crippen LogP contribution in [0.25, 0.3) is 11.2 Å². The largest absolute Gasteiger partial charge is 0.382 e. The number of aromatic nitrogens is 4. The van der Waals surface area contributed by atoms with Crippen molar-refractivity contribution in [1.29, 1.82) is 0 Å². The van der Waals surface area contributed by atoms with Gasteiger partial charge in [-0.1, -0.05) is 13.3 Å². The number of nitrogens with zero attached hydrogens (tertiary/aromatic N) is 4. The molecule has 2 atom stereocenters. The maximum absolute atomic E-state index is 12.3. The number of fused-ring (bicyclic) bond motifs is 1. The molecule has 1 unspecified atom stereocenters. The molecule has 2 aromatic heterocycles. The van der Waals surface area contributed by atoms with Crippen LogP contribution in [-0.2, 0) is 34.6 Å². The highest BCUT2D eigenvalue weighted by Gasteiger charge is 2.21. The van der Waals surface area contributed by atoms with Gasteiger partial charge in [0, 0.05) is 39.6 Å². The predicted molar refractivity (Wildman–Crippen MR) is 151 cm³/mol. The molecule has 2 rings (SSSR count). The molecule has 39 heavy (non-hydrogen) atoms. The Kier molecular flexibility index (Phi) is 17.4. The molecule has 0 aliphatic carbocycles. The molecule has 2 heterocycles. The van der Waals surface area contributed by atoms with Gasteiger partial charge in [0.05, 0.1) is 25.6 Å². The van der Waals surface area contributed by atoms with Gasteiger partial charge in [0.1, 0.15) is 18.2 Å². The zero-order valence-corrected chi connectivity index (χ0v) is 24.6. The highest BCUT2D eigenvalue weighted by atomic mass is 31.2. The van der Waals surface area contributed by atoms with Crippen LogP contribution >= 0.6 is 7.60 Å². The lowest BCUT2D eigenvalue weighted by molar-refractivity contribution is 0.0687. The Hall–Kier alpha value is -1.66. The smallest absolute Gasteiger partial charge is 0.353 e. The number of ether oxygens (including phenoxy) is 4. The summed E-state index contributed by atoms with van der Waals surface area (Å²) in [5, 5.41) is 0. The molecule has 0 saturated heterocycles. The third-order valence-electron chi connectivity index (χ3n) is 5.93. The summed E-state index contributed by atoms with van der Waals surface area (Å²) in [5.74, 6) is 0.301. The van der Waals surface area contributed by atoms with Crippen molar-refractivity contribution in [2.24, 2.45) is 0 Å². The molecular weight excluding hydrogens is 525 g/mol. The van der Waals surface area contributed by atoms with Crippen molar-refractivity contribution in [1.82, 2.24) is 19.5 Å². The van der Waals surface area contributed by atoms with Crippen LogP contribution in [0.5, 0.6) is 0 Å². The first-order chi connectivity index (χ1) is 18.9. The number of hydrogen-bond donors (Lipinski definition) is 2. The molecule has 0 aliphatic heterocycles. The van der Waals surface area contributed by atoms with E-state index >= 15 is 0 Å². The fourth-order valence-corrected chi connectivity index (χ4v) is 4.64. The number of hydrogen-bond acceptors (Lipinski definition) is 10.